The van der Waals surface area contributed by atoms with Crippen LogP contribution in [0.3, 0.4) is 0 Å². The molecule has 2 fully saturated rings. The molecule has 0 unspecified atom stereocenters. The quantitative estimate of drug-likeness (QED) is 0.779. The van der Waals surface area contributed by atoms with Crippen LogP contribution in [0.5, 0.6) is 0 Å². The van der Waals surface area contributed by atoms with Gasteiger partial charge in [-0.15, -0.1) is 0 Å². The molecule has 7 heteroatoms. The molecule has 32 heavy (non-hydrogen) atoms. The molecule has 4 rings (SSSR count). The van der Waals surface area contributed by atoms with Gasteiger partial charge in [0.2, 0.25) is 11.8 Å². The van der Waals surface area contributed by atoms with Crippen molar-refractivity contribution in [2.75, 3.05) is 44.2 Å². The second-order valence-corrected chi connectivity index (χ2v) is 8.66. The summed E-state index contributed by atoms with van der Waals surface area (Å²) >= 11 is 0. The predicted octanol–water partition coefficient (Wildman–Crippen LogP) is 2.48. The second kappa shape index (κ2) is 9.69. The first-order valence-corrected chi connectivity index (χ1v) is 11.3. The Morgan fingerprint density at radius 2 is 1.78 bits per heavy atom. The average Bonchev–Trinajstić information content (AvgIpc) is 2.79. The molecule has 2 aliphatic rings. The van der Waals surface area contributed by atoms with Crippen molar-refractivity contribution in [2.45, 2.75) is 32.9 Å². The van der Waals surface area contributed by atoms with Crippen LogP contribution in [-0.2, 0) is 16.1 Å². The van der Waals surface area contributed by atoms with Crippen molar-refractivity contribution in [3.8, 4) is 0 Å². The van der Waals surface area contributed by atoms with Crippen molar-refractivity contribution >= 4 is 17.5 Å². The van der Waals surface area contributed by atoms with Gasteiger partial charge in [-0.3, -0.25) is 14.5 Å². The van der Waals surface area contributed by atoms with Crippen LogP contribution >= 0.6 is 0 Å². The lowest BCUT2D eigenvalue weighted by molar-refractivity contribution is -0.139. The fourth-order valence-corrected chi connectivity index (χ4v) is 4.59. The highest BCUT2D eigenvalue weighted by Crippen LogP contribution is 2.24. The summed E-state index contributed by atoms with van der Waals surface area (Å²) in [7, 11) is 0. The van der Waals surface area contributed by atoms with Gasteiger partial charge < -0.3 is 15.1 Å². The molecule has 0 aromatic heterocycles. The molecular formula is C25H31FN4O2. The summed E-state index contributed by atoms with van der Waals surface area (Å²) in [5.74, 6) is -0.465. The van der Waals surface area contributed by atoms with Gasteiger partial charge in [-0.1, -0.05) is 30.3 Å². The van der Waals surface area contributed by atoms with Gasteiger partial charge in [-0.2, -0.15) is 0 Å². The molecule has 0 saturated carbocycles. The lowest BCUT2D eigenvalue weighted by Gasteiger charge is -2.39. The second-order valence-electron chi connectivity index (χ2n) is 8.66. The summed E-state index contributed by atoms with van der Waals surface area (Å²) in [6.45, 7) is 8.47. The van der Waals surface area contributed by atoms with Crippen LogP contribution in [0.1, 0.15) is 23.1 Å². The lowest BCUT2D eigenvalue weighted by Crippen LogP contribution is -2.57. The molecule has 2 amide bonds. The number of piperazine rings is 2. The van der Waals surface area contributed by atoms with E-state index in [1.165, 1.54) is 22.9 Å². The van der Waals surface area contributed by atoms with E-state index in [1.54, 1.807) is 18.2 Å². The maximum Gasteiger partial charge on any atom is 0.237 e. The number of carbonyl (C=O) groups excluding carboxylic acids is 2. The summed E-state index contributed by atoms with van der Waals surface area (Å²) in [5, 5.41) is 2.86. The number of carbonyl (C=O) groups is 2. The maximum atomic E-state index is 14.1. The Morgan fingerprint density at radius 3 is 2.53 bits per heavy atom. The van der Waals surface area contributed by atoms with E-state index in [0.717, 1.165) is 13.1 Å². The van der Waals surface area contributed by atoms with E-state index in [2.05, 4.69) is 42.3 Å². The van der Waals surface area contributed by atoms with Gasteiger partial charge in [0.15, 0.2) is 0 Å². The number of aryl methyl sites for hydroxylation is 1. The summed E-state index contributed by atoms with van der Waals surface area (Å²) in [5.41, 5.74) is 4.30. The normalized spacial score (nSPS) is 19.7. The fourth-order valence-electron chi connectivity index (χ4n) is 4.59. The molecule has 2 heterocycles. The first kappa shape index (κ1) is 22.3. The molecular weight excluding hydrogens is 407 g/mol. The largest absolute Gasteiger partial charge is 0.368 e. The van der Waals surface area contributed by atoms with Crippen molar-refractivity contribution in [2.24, 2.45) is 0 Å². The van der Waals surface area contributed by atoms with Crippen molar-refractivity contribution in [3.05, 3.63) is 65.0 Å². The molecule has 0 aliphatic carbocycles. The lowest BCUT2D eigenvalue weighted by atomic mass is 10.0. The molecule has 170 valence electrons. The Kier molecular flexibility index (Phi) is 6.74. The molecule has 0 radical (unpaired) electrons. The Balaban J connectivity index is 1.38. The molecule has 2 saturated heterocycles. The summed E-state index contributed by atoms with van der Waals surface area (Å²) in [6, 6.07) is 12.3. The zero-order valence-electron chi connectivity index (χ0n) is 18.8. The van der Waals surface area contributed by atoms with Gasteiger partial charge in [0.05, 0.1) is 12.5 Å². The van der Waals surface area contributed by atoms with Crippen LogP contribution in [-0.4, -0.2) is 66.9 Å². The number of halogens is 1. The fraction of sp³-hybridized carbons (Fsp3) is 0.440. The van der Waals surface area contributed by atoms with Crippen LogP contribution in [0.15, 0.2) is 42.5 Å². The number of anilines is 1. The number of rotatable bonds is 5. The topological polar surface area (TPSA) is 55.9 Å². The monoisotopic (exact) mass is 438 g/mol. The van der Waals surface area contributed by atoms with Crippen molar-refractivity contribution in [1.82, 2.24) is 15.1 Å². The van der Waals surface area contributed by atoms with Gasteiger partial charge in [0, 0.05) is 57.1 Å². The zero-order chi connectivity index (χ0) is 22.7. The third-order valence-corrected chi connectivity index (χ3v) is 6.69. The van der Waals surface area contributed by atoms with E-state index in [-0.39, 0.29) is 24.1 Å². The van der Waals surface area contributed by atoms with Crippen molar-refractivity contribution in [1.29, 1.82) is 0 Å². The Labute approximate surface area is 189 Å². The standard InChI is InChI=1S/C25H31FN4O2/c1-18-6-5-9-22(19(18)2)28-12-14-29(15-13-28)24(31)16-23-25(32)27-10-11-30(23)17-20-7-3-4-8-21(20)26/h3-9,23H,10-17H2,1-2H3,(H,27,32)/t23-/m0/s1. The molecule has 1 atom stereocenters. The number of amides is 2. The number of hydrogen-bond donors (Lipinski definition) is 1. The van der Waals surface area contributed by atoms with Crippen LogP contribution in [0.2, 0.25) is 0 Å². The Bertz CT molecular complexity index is 988. The van der Waals surface area contributed by atoms with E-state index in [0.29, 0.717) is 38.3 Å². The van der Waals surface area contributed by atoms with Gasteiger partial charge in [0.25, 0.3) is 0 Å². The van der Waals surface area contributed by atoms with Crippen LogP contribution in [0, 0.1) is 19.7 Å². The number of nitrogens with zero attached hydrogens (tertiary/aromatic N) is 3. The first-order valence-electron chi connectivity index (χ1n) is 11.3. The molecule has 1 N–H and O–H groups in total. The third kappa shape index (κ3) is 4.78. The summed E-state index contributed by atoms with van der Waals surface area (Å²) in [4.78, 5) is 31.7. The minimum atomic E-state index is -0.576. The number of hydrogen-bond acceptors (Lipinski definition) is 4. The average molecular weight is 439 g/mol. The minimum Gasteiger partial charge on any atom is -0.368 e. The highest BCUT2D eigenvalue weighted by atomic mass is 19.1. The highest BCUT2D eigenvalue weighted by molar-refractivity contribution is 5.89. The van der Waals surface area contributed by atoms with E-state index >= 15 is 0 Å². The smallest absolute Gasteiger partial charge is 0.237 e. The number of benzene rings is 2. The molecule has 0 bridgehead atoms. The van der Waals surface area contributed by atoms with Gasteiger partial charge in [0.1, 0.15) is 5.82 Å². The molecule has 2 aromatic rings. The Hall–Kier alpha value is -2.93. The van der Waals surface area contributed by atoms with Crippen LogP contribution in [0.4, 0.5) is 10.1 Å². The first-order chi connectivity index (χ1) is 15.4. The third-order valence-electron chi connectivity index (χ3n) is 6.69. The van der Waals surface area contributed by atoms with Gasteiger partial charge >= 0.3 is 0 Å². The van der Waals surface area contributed by atoms with E-state index in [1.807, 2.05) is 9.80 Å². The predicted molar refractivity (Wildman–Crippen MR) is 123 cm³/mol. The Morgan fingerprint density at radius 1 is 1.03 bits per heavy atom. The number of nitrogens with one attached hydrogen (secondary N) is 1. The van der Waals surface area contributed by atoms with Crippen LogP contribution < -0.4 is 10.2 Å². The van der Waals surface area contributed by atoms with E-state index in [9.17, 15) is 14.0 Å². The highest BCUT2D eigenvalue weighted by Gasteiger charge is 2.34. The van der Waals surface area contributed by atoms with Gasteiger partial charge in [-0.25, -0.2) is 4.39 Å². The minimum absolute atomic E-state index is 0.0220. The summed E-state index contributed by atoms with van der Waals surface area (Å²) in [6.07, 6.45) is 0.115. The van der Waals surface area contributed by atoms with E-state index in [4.69, 9.17) is 0 Å². The van der Waals surface area contributed by atoms with Crippen molar-refractivity contribution in [3.63, 3.8) is 0 Å². The molecule has 6 nitrogen and oxygen atoms in total. The zero-order valence-corrected chi connectivity index (χ0v) is 18.8. The SMILES string of the molecule is Cc1cccc(N2CCN(C(=O)C[C@H]3C(=O)NCCN3Cc3ccccc3F)CC2)c1C. The van der Waals surface area contributed by atoms with E-state index < -0.39 is 6.04 Å². The maximum absolute atomic E-state index is 14.1. The molecule has 2 aliphatic heterocycles. The van der Waals surface area contributed by atoms with Gasteiger partial charge in [-0.05, 0) is 37.1 Å². The van der Waals surface area contributed by atoms with Crippen LogP contribution in [0.25, 0.3) is 0 Å². The molecule has 0 spiro atoms. The van der Waals surface area contributed by atoms with Crippen molar-refractivity contribution < 1.29 is 14.0 Å². The molecule has 2 aromatic carbocycles. The summed E-state index contributed by atoms with van der Waals surface area (Å²) < 4.78 is 14.1.